The van der Waals surface area contributed by atoms with Gasteiger partial charge in [0.1, 0.15) is 12.6 Å². The van der Waals surface area contributed by atoms with E-state index in [4.69, 9.17) is 0 Å². The highest BCUT2D eigenvalue weighted by atomic mass is 32.2. The van der Waals surface area contributed by atoms with Gasteiger partial charge in [-0.1, -0.05) is 67.6 Å². The van der Waals surface area contributed by atoms with Crippen molar-refractivity contribution in [2.24, 2.45) is 0 Å². The molecule has 0 aromatic heterocycles. The van der Waals surface area contributed by atoms with E-state index in [1.54, 1.807) is 55.5 Å². The van der Waals surface area contributed by atoms with Gasteiger partial charge in [-0.05, 0) is 62.6 Å². The van der Waals surface area contributed by atoms with Crippen LogP contribution in [-0.2, 0) is 26.2 Å². The standard InChI is InChI=1S/C29H35N3O4S/c1-5-23(3)30-29(34)24(4)31(20-25-15-13-12-14-22(25)2)28(33)21-32(26-16-8-6-9-17-26)37(35,36)27-18-10-7-11-19-27/h6-19,23-24H,5,20-21H2,1-4H3,(H,30,34)/t23-,24+/m0/s1. The molecule has 0 bridgehead atoms. The monoisotopic (exact) mass is 521 g/mol. The van der Waals surface area contributed by atoms with Gasteiger partial charge in [0.05, 0.1) is 10.6 Å². The molecule has 2 amide bonds. The molecule has 0 aliphatic rings. The predicted molar refractivity (Wildman–Crippen MR) is 147 cm³/mol. The van der Waals surface area contributed by atoms with Gasteiger partial charge >= 0.3 is 0 Å². The zero-order valence-corrected chi connectivity index (χ0v) is 22.6. The van der Waals surface area contributed by atoms with Crippen LogP contribution in [0.5, 0.6) is 0 Å². The molecule has 7 nitrogen and oxygen atoms in total. The summed E-state index contributed by atoms with van der Waals surface area (Å²) in [5, 5.41) is 2.94. The first-order valence-corrected chi connectivity index (χ1v) is 13.9. The molecule has 0 spiro atoms. The highest BCUT2D eigenvalue weighted by Gasteiger charge is 2.32. The molecule has 0 saturated carbocycles. The van der Waals surface area contributed by atoms with Crippen molar-refractivity contribution in [1.82, 2.24) is 10.2 Å². The van der Waals surface area contributed by atoms with Crippen molar-refractivity contribution in [3.05, 3.63) is 96.1 Å². The van der Waals surface area contributed by atoms with Crippen molar-refractivity contribution in [3.8, 4) is 0 Å². The number of rotatable bonds is 11. The summed E-state index contributed by atoms with van der Waals surface area (Å²) in [4.78, 5) is 28.5. The Morgan fingerprint density at radius 2 is 1.43 bits per heavy atom. The summed E-state index contributed by atoms with van der Waals surface area (Å²) in [6.07, 6.45) is 0.751. The van der Waals surface area contributed by atoms with E-state index < -0.39 is 28.5 Å². The lowest BCUT2D eigenvalue weighted by molar-refractivity contribution is -0.139. The Balaban J connectivity index is 2.00. The summed E-state index contributed by atoms with van der Waals surface area (Å²) in [5.74, 6) is -0.758. The van der Waals surface area contributed by atoms with E-state index in [2.05, 4.69) is 5.32 Å². The van der Waals surface area contributed by atoms with E-state index in [1.807, 2.05) is 45.0 Å². The number of carbonyl (C=O) groups is 2. The molecule has 3 aromatic rings. The largest absolute Gasteiger partial charge is 0.352 e. The highest BCUT2D eigenvalue weighted by molar-refractivity contribution is 7.92. The number of sulfonamides is 1. The second-order valence-corrected chi connectivity index (χ2v) is 11.0. The second-order valence-electron chi connectivity index (χ2n) is 9.10. The first-order valence-electron chi connectivity index (χ1n) is 12.4. The fourth-order valence-corrected chi connectivity index (χ4v) is 5.30. The lowest BCUT2D eigenvalue weighted by Crippen LogP contribution is -2.52. The molecule has 3 rings (SSSR count). The van der Waals surface area contributed by atoms with Gasteiger partial charge in [0.2, 0.25) is 11.8 Å². The number of nitrogens with zero attached hydrogens (tertiary/aromatic N) is 2. The van der Waals surface area contributed by atoms with E-state index in [-0.39, 0.29) is 23.4 Å². The molecule has 196 valence electrons. The normalized spacial score (nSPS) is 12.9. The van der Waals surface area contributed by atoms with E-state index >= 15 is 0 Å². The molecule has 0 aliphatic heterocycles. The number of hydrogen-bond donors (Lipinski definition) is 1. The average molecular weight is 522 g/mol. The first-order chi connectivity index (χ1) is 17.6. The van der Waals surface area contributed by atoms with Gasteiger partial charge in [-0.3, -0.25) is 13.9 Å². The van der Waals surface area contributed by atoms with Gasteiger partial charge in [-0.25, -0.2) is 8.42 Å². The molecule has 0 fully saturated rings. The fourth-order valence-electron chi connectivity index (χ4n) is 3.86. The van der Waals surface area contributed by atoms with Crippen LogP contribution in [0.4, 0.5) is 5.69 Å². The smallest absolute Gasteiger partial charge is 0.264 e. The topological polar surface area (TPSA) is 86.8 Å². The van der Waals surface area contributed by atoms with Crippen LogP contribution in [0.15, 0.2) is 89.8 Å². The van der Waals surface area contributed by atoms with Gasteiger partial charge in [0.15, 0.2) is 0 Å². The molecule has 37 heavy (non-hydrogen) atoms. The number of carbonyl (C=O) groups excluding carboxylic acids is 2. The van der Waals surface area contributed by atoms with Crippen molar-refractivity contribution >= 4 is 27.5 Å². The first kappa shape index (κ1) is 27.9. The van der Waals surface area contributed by atoms with Crippen molar-refractivity contribution < 1.29 is 18.0 Å². The molecule has 3 aromatic carbocycles. The van der Waals surface area contributed by atoms with Crippen LogP contribution in [0.2, 0.25) is 0 Å². The average Bonchev–Trinajstić information content (AvgIpc) is 2.91. The summed E-state index contributed by atoms with van der Waals surface area (Å²) in [6, 6.07) is 23.3. The van der Waals surface area contributed by atoms with Crippen molar-refractivity contribution in [2.75, 3.05) is 10.8 Å². The minimum atomic E-state index is -4.05. The molecule has 0 aliphatic carbocycles. The number of aryl methyl sites for hydroxylation is 1. The molecule has 0 radical (unpaired) electrons. The molecule has 8 heteroatoms. The number of anilines is 1. The Morgan fingerprint density at radius 3 is 2.03 bits per heavy atom. The second kappa shape index (κ2) is 12.5. The van der Waals surface area contributed by atoms with Gasteiger partial charge in [0.25, 0.3) is 10.0 Å². The van der Waals surface area contributed by atoms with Crippen LogP contribution in [0.25, 0.3) is 0 Å². The Kier molecular flexibility index (Phi) is 9.47. The van der Waals surface area contributed by atoms with Crippen LogP contribution in [-0.4, -0.2) is 43.8 Å². The minimum Gasteiger partial charge on any atom is -0.352 e. The van der Waals surface area contributed by atoms with Crippen LogP contribution in [0, 0.1) is 6.92 Å². The predicted octanol–water partition coefficient (Wildman–Crippen LogP) is 4.52. The van der Waals surface area contributed by atoms with E-state index in [1.165, 1.54) is 17.0 Å². The Labute approximate surface area is 220 Å². The number of benzene rings is 3. The molecule has 0 saturated heterocycles. The number of nitrogens with one attached hydrogen (secondary N) is 1. The van der Waals surface area contributed by atoms with Crippen LogP contribution in [0.1, 0.15) is 38.3 Å². The van der Waals surface area contributed by atoms with Crippen LogP contribution in [0.3, 0.4) is 0 Å². The maximum absolute atomic E-state index is 13.9. The lowest BCUT2D eigenvalue weighted by atomic mass is 10.1. The van der Waals surface area contributed by atoms with Crippen LogP contribution < -0.4 is 9.62 Å². The Hall–Kier alpha value is -3.65. The van der Waals surface area contributed by atoms with Gasteiger partial charge < -0.3 is 10.2 Å². The molecule has 2 atom stereocenters. The maximum Gasteiger partial charge on any atom is 0.264 e. The third-order valence-corrected chi connectivity index (χ3v) is 8.21. The lowest BCUT2D eigenvalue weighted by Gasteiger charge is -2.32. The number of hydrogen-bond acceptors (Lipinski definition) is 4. The number of amides is 2. The summed E-state index contributed by atoms with van der Waals surface area (Å²) in [6.45, 7) is 7.22. The Morgan fingerprint density at radius 1 is 0.865 bits per heavy atom. The van der Waals surface area contributed by atoms with E-state index in [0.29, 0.717) is 5.69 Å². The summed E-state index contributed by atoms with van der Waals surface area (Å²) in [5.41, 5.74) is 2.23. The zero-order chi connectivity index (χ0) is 27.0. The molecule has 1 N–H and O–H groups in total. The zero-order valence-electron chi connectivity index (χ0n) is 21.8. The van der Waals surface area contributed by atoms with E-state index in [0.717, 1.165) is 21.9 Å². The quantitative estimate of drug-likeness (QED) is 0.402. The maximum atomic E-state index is 13.9. The molecule has 0 unspecified atom stereocenters. The van der Waals surface area contributed by atoms with Crippen LogP contribution >= 0.6 is 0 Å². The van der Waals surface area contributed by atoms with E-state index in [9.17, 15) is 18.0 Å². The highest BCUT2D eigenvalue weighted by Crippen LogP contribution is 2.24. The number of para-hydroxylation sites is 1. The fraction of sp³-hybridized carbons (Fsp3) is 0.310. The summed E-state index contributed by atoms with van der Waals surface area (Å²) in [7, 11) is -4.05. The minimum absolute atomic E-state index is 0.0513. The van der Waals surface area contributed by atoms with Gasteiger partial charge in [-0.15, -0.1) is 0 Å². The molecule has 0 heterocycles. The SMILES string of the molecule is CC[C@H](C)NC(=O)[C@@H](C)N(Cc1ccccc1C)C(=O)CN(c1ccccc1)S(=O)(=O)c1ccccc1. The van der Waals surface area contributed by atoms with Gasteiger partial charge in [0, 0.05) is 12.6 Å². The van der Waals surface area contributed by atoms with Crippen molar-refractivity contribution in [3.63, 3.8) is 0 Å². The Bertz CT molecular complexity index is 1300. The summed E-state index contributed by atoms with van der Waals surface area (Å²) < 4.78 is 28.4. The summed E-state index contributed by atoms with van der Waals surface area (Å²) >= 11 is 0. The molecular weight excluding hydrogens is 486 g/mol. The molecular formula is C29H35N3O4S. The third kappa shape index (κ3) is 6.98. The third-order valence-electron chi connectivity index (χ3n) is 6.42. The van der Waals surface area contributed by atoms with Gasteiger partial charge in [-0.2, -0.15) is 0 Å². The van der Waals surface area contributed by atoms with Crippen molar-refractivity contribution in [1.29, 1.82) is 0 Å². The van der Waals surface area contributed by atoms with Crippen molar-refractivity contribution in [2.45, 2.75) is 57.6 Å².